The molecule has 0 bridgehead atoms. The highest BCUT2D eigenvalue weighted by Gasteiger charge is 2.24. The summed E-state index contributed by atoms with van der Waals surface area (Å²) < 4.78 is 0. The summed E-state index contributed by atoms with van der Waals surface area (Å²) in [5.41, 5.74) is 1.63. The van der Waals surface area contributed by atoms with Gasteiger partial charge in [-0.2, -0.15) is 5.26 Å². The van der Waals surface area contributed by atoms with Gasteiger partial charge in [0.2, 0.25) is 0 Å². The Morgan fingerprint density at radius 3 is 2.53 bits per heavy atom. The zero-order valence-corrected chi connectivity index (χ0v) is 12.2. The largest absolute Gasteiger partial charge is 0.370 e. The molecule has 3 nitrogen and oxygen atoms in total. The van der Waals surface area contributed by atoms with Crippen LogP contribution in [0.3, 0.4) is 0 Å². The lowest BCUT2D eigenvalue weighted by Gasteiger charge is -2.36. The Hall–Kier alpha value is -1.24. The van der Waals surface area contributed by atoms with Gasteiger partial charge in [0.15, 0.2) is 0 Å². The van der Waals surface area contributed by atoms with Crippen molar-refractivity contribution in [3.8, 4) is 6.07 Å². The van der Waals surface area contributed by atoms with Gasteiger partial charge in [-0.25, -0.2) is 0 Å². The topological polar surface area (TPSA) is 39.1 Å². The quantitative estimate of drug-likeness (QED) is 0.922. The highest BCUT2D eigenvalue weighted by Crippen LogP contribution is 2.31. The standard InChI is InChI=1S/C15H20ClN3/c1-18-12-4-6-13(7-5-12)19(2)15-8-3-11(10-17)9-14(15)16/h3,8-9,12-13,18H,4-7H2,1-2H3. The predicted octanol–water partition coefficient (Wildman–Crippen LogP) is 3.18. The average molecular weight is 278 g/mol. The molecule has 1 aromatic rings. The molecule has 19 heavy (non-hydrogen) atoms. The smallest absolute Gasteiger partial charge is 0.0992 e. The molecule has 0 saturated heterocycles. The van der Waals surface area contributed by atoms with Crippen LogP contribution in [0.2, 0.25) is 5.02 Å². The summed E-state index contributed by atoms with van der Waals surface area (Å²) >= 11 is 6.27. The van der Waals surface area contributed by atoms with Crippen LogP contribution < -0.4 is 10.2 Å². The van der Waals surface area contributed by atoms with Crippen LogP contribution in [-0.4, -0.2) is 26.2 Å². The summed E-state index contributed by atoms with van der Waals surface area (Å²) in [6.45, 7) is 0. The minimum Gasteiger partial charge on any atom is -0.370 e. The van der Waals surface area contributed by atoms with Crippen LogP contribution in [0.25, 0.3) is 0 Å². The van der Waals surface area contributed by atoms with Gasteiger partial charge in [0.1, 0.15) is 0 Å². The molecule has 0 heterocycles. The highest BCUT2D eigenvalue weighted by molar-refractivity contribution is 6.33. The van der Waals surface area contributed by atoms with Crippen molar-refractivity contribution in [3.05, 3.63) is 28.8 Å². The molecule has 102 valence electrons. The van der Waals surface area contributed by atoms with Crippen molar-refractivity contribution < 1.29 is 0 Å². The number of hydrogen-bond donors (Lipinski definition) is 1. The molecule has 2 rings (SSSR count). The molecule has 0 radical (unpaired) electrons. The number of benzene rings is 1. The molecular formula is C15H20ClN3. The van der Waals surface area contributed by atoms with Crippen LogP contribution in [0.1, 0.15) is 31.2 Å². The van der Waals surface area contributed by atoms with Gasteiger partial charge in [-0.1, -0.05) is 11.6 Å². The van der Waals surface area contributed by atoms with Gasteiger partial charge in [0, 0.05) is 19.1 Å². The third-order valence-corrected chi connectivity index (χ3v) is 4.41. The molecule has 0 amide bonds. The molecule has 1 aliphatic carbocycles. The number of hydrogen-bond acceptors (Lipinski definition) is 3. The van der Waals surface area contributed by atoms with Gasteiger partial charge in [0.05, 0.1) is 22.3 Å². The second-order valence-corrected chi connectivity index (χ2v) is 5.59. The lowest BCUT2D eigenvalue weighted by atomic mass is 9.90. The molecule has 0 aliphatic heterocycles. The molecule has 0 spiro atoms. The van der Waals surface area contributed by atoms with Gasteiger partial charge in [-0.05, 0) is 50.9 Å². The van der Waals surface area contributed by atoms with Crippen molar-refractivity contribution in [2.24, 2.45) is 0 Å². The van der Waals surface area contributed by atoms with E-state index in [2.05, 4.69) is 23.3 Å². The zero-order chi connectivity index (χ0) is 13.8. The Kier molecular flexibility index (Phi) is 4.68. The summed E-state index contributed by atoms with van der Waals surface area (Å²) in [5, 5.41) is 12.9. The molecule has 1 saturated carbocycles. The maximum atomic E-state index is 8.87. The van der Waals surface area contributed by atoms with Crippen LogP contribution in [0.15, 0.2) is 18.2 Å². The van der Waals surface area contributed by atoms with Crippen molar-refractivity contribution >= 4 is 17.3 Å². The van der Waals surface area contributed by atoms with Gasteiger partial charge >= 0.3 is 0 Å². The van der Waals surface area contributed by atoms with Crippen LogP contribution in [0.4, 0.5) is 5.69 Å². The number of nitriles is 1. The Morgan fingerprint density at radius 1 is 1.32 bits per heavy atom. The van der Waals surface area contributed by atoms with E-state index in [0.717, 1.165) is 5.69 Å². The van der Waals surface area contributed by atoms with E-state index in [4.69, 9.17) is 16.9 Å². The summed E-state index contributed by atoms with van der Waals surface area (Å²) in [6, 6.07) is 8.83. The normalized spacial score (nSPS) is 22.8. The minimum atomic E-state index is 0.537. The van der Waals surface area contributed by atoms with Crippen LogP contribution in [0.5, 0.6) is 0 Å². The molecule has 1 aromatic carbocycles. The molecule has 1 N–H and O–H groups in total. The first kappa shape index (κ1) is 14.2. The first-order valence-electron chi connectivity index (χ1n) is 6.75. The second kappa shape index (κ2) is 6.27. The molecule has 0 aromatic heterocycles. The Balaban J connectivity index is 2.08. The van der Waals surface area contributed by atoms with Crippen molar-refractivity contribution in [2.45, 2.75) is 37.8 Å². The maximum absolute atomic E-state index is 8.87. The third-order valence-electron chi connectivity index (χ3n) is 4.11. The Morgan fingerprint density at radius 2 is 2.00 bits per heavy atom. The first-order valence-corrected chi connectivity index (χ1v) is 7.13. The first-order chi connectivity index (χ1) is 9.15. The number of anilines is 1. The zero-order valence-electron chi connectivity index (χ0n) is 11.5. The third kappa shape index (κ3) is 3.20. The van der Waals surface area contributed by atoms with Crippen LogP contribution in [-0.2, 0) is 0 Å². The molecule has 1 aliphatic rings. The molecule has 1 fully saturated rings. The van der Waals surface area contributed by atoms with E-state index in [0.29, 0.717) is 22.7 Å². The van der Waals surface area contributed by atoms with Crippen LogP contribution >= 0.6 is 11.6 Å². The van der Waals surface area contributed by atoms with Crippen molar-refractivity contribution in [1.29, 1.82) is 5.26 Å². The van der Waals surface area contributed by atoms with E-state index >= 15 is 0 Å². The van der Waals surface area contributed by atoms with Crippen LogP contribution in [0, 0.1) is 11.3 Å². The van der Waals surface area contributed by atoms with Gasteiger partial charge < -0.3 is 10.2 Å². The van der Waals surface area contributed by atoms with E-state index < -0.39 is 0 Å². The number of nitrogens with zero attached hydrogens (tertiary/aromatic N) is 2. The van der Waals surface area contributed by atoms with E-state index in [1.54, 1.807) is 6.07 Å². The second-order valence-electron chi connectivity index (χ2n) is 5.18. The number of halogens is 1. The van der Waals surface area contributed by atoms with Crippen molar-refractivity contribution in [1.82, 2.24) is 5.32 Å². The molecule has 0 atom stereocenters. The van der Waals surface area contributed by atoms with E-state index in [-0.39, 0.29) is 0 Å². The summed E-state index contributed by atoms with van der Waals surface area (Å²) in [4.78, 5) is 2.26. The van der Waals surface area contributed by atoms with Crippen molar-refractivity contribution in [2.75, 3.05) is 19.0 Å². The summed E-state index contributed by atoms with van der Waals surface area (Å²) in [5.74, 6) is 0. The number of rotatable bonds is 3. The Labute approximate surface area is 120 Å². The summed E-state index contributed by atoms with van der Waals surface area (Å²) in [7, 11) is 4.13. The monoisotopic (exact) mass is 277 g/mol. The van der Waals surface area contributed by atoms with Gasteiger partial charge in [-0.3, -0.25) is 0 Å². The fourth-order valence-corrected chi connectivity index (χ4v) is 3.12. The minimum absolute atomic E-state index is 0.537. The molecule has 0 unspecified atom stereocenters. The average Bonchev–Trinajstić information content (AvgIpc) is 2.46. The maximum Gasteiger partial charge on any atom is 0.0992 e. The number of nitrogens with one attached hydrogen (secondary N) is 1. The lowest BCUT2D eigenvalue weighted by Crippen LogP contribution is -2.39. The lowest BCUT2D eigenvalue weighted by molar-refractivity contribution is 0.351. The fraction of sp³-hybridized carbons (Fsp3) is 0.533. The highest BCUT2D eigenvalue weighted by atomic mass is 35.5. The predicted molar refractivity (Wildman–Crippen MR) is 79.7 cm³/mol. The van der Waals surface area contributed by atoms with Gasteiger partial charge in [0.25, 0.3) is 0 Å². The molecule has 4 heteroatoms. The Bertz CT molecular complexity index is 473. The van der Waals surface area contributed by atoms with E-state index in [9.17, 15) is 0 Å². The summed E-state index contributed by atoms with van der Waals surface area (Å²) in [6.07, 6.45) is 4.77. The van der Waals surface area contributed by atoms with E-state index in [1.165, 1.54) is 25.7 Å². The SMILES string of the molecule is CNC1CCC(N(C)c2ccc(C#N)cc2Cl)CC1. The van der Waals surface area contributed by atoms with Gasteiger partial charge in [-0.15, -0.1) is 0 Å². The van der Waals surface area contributed by atoms with Crippen molar-refractivity contribution in [3.63, 3.8) is 0 Å². The van der Waals surface area contributed by atoms with E-state index in [1.807, 2.05) is 19.2 Å². The fourth-order valence-electron chi connectivity index (χ4n) is 2.81. The molecular weight excluding hydrogens is 258 g/mol.